The fourth-order valence-corrected chi connectivity index (χ4v) is 3.98. The van der Waals surface area contributed by atoms with Gasteiger partial charge >= 0.3 is 0 Å². The summed E-state index contributed by atoms with van der Waals surface area (Å²) in [4.78, 5) is 30.5. The number of rotatable bonds is 6. The standard InChI is InChI=1S/C22H17FN2O3S/c1-14(20(26)15-8-10-16(23)11-9-15)29-22-24-19-7-3-2-6-18(19)21(27)25(22)13-17-5-4-12-28-17/h2-12,14H,13H2,1H3. The zero-order valence-electron chi connectivity index (χ0n) is 15.5. The van der Waals surface area contributed by atoms with Gasteiger partial charge in [0, 0.05) is 5.56 Å². The molecule has 5 nitrogen and oxygen atoms in total. The quantitative estimate of drug-likeness (QED) is 0.266. The molecule has 0 N–H and O–H groups in total. The van der Waals surface area contributed by atoms with Crippen molar-refractivity contribution in [1.82, 2.24) is 9.55 Å². The van der Waals surface area contributed by atoms with Crippen molar-refractivity contribution < 1.29 is 13.6 Å². The largest absolute Gasteiger partial charge is 0.467 e. The zero-order chi connectivity index (χ0) is 20.4. The molecule has 2 aromatic carbocycles. The van der Waals surface area contributed by atoms with Crippen molar-refractivity contribution in [2.24, 2.45) is 0 Å². The number of para-hydroxylation sites is 1. The summed E-state index contributed by atoms with van der Waals surface area (Å²) in [5, 5.41) is 0.408. The molecule has 0 aliphatic rings. The summed E-state index contributed by atoms with van der Waals surface area (Å²) in [6.07, 6.45) is 1.54. The molecule has 2 heterocycles. The van der Waals surface area contributed by atoms with Crippen LogP contribution >= 0.6 is 11.8 Å². The molecule has 0 bridgehead atoms. The molecule has 7 heteroatoms. The molecule has 146 valence electrons. The highest BCUT2D eigenvalue weighted by Gasteiger charge is 2.21. The van der Waals surface area contributed by atoms with E-state index in [0.717, 1.165) is 0 Å². The van der Waals surface area contributed by atoms with Crippen molar-refractivity contribution in [3.8, 4) is 0 Å². The molecular formula is C22H17FN2O3S. The molecule has 0 amide bonds. The maximum Gasteiger partial charge on any atom is 0.262 e. The molecule has 1 atom stereocenters. The first kappa shape index (κ1) is 19.1. The van der Waals surface area contributed by atoms with Crippen LogP contribution in [-0.4, -0.2) is 20.6 Å². The molecule has 4 aromatic rings. The SMILES string of the molecule is CC(Sc1nc2ccccc2c(=O)n1Cc1ccco1)C(=O)c1ccc(F)cc1. The highest BCUT2D eigenvalue weighted by atomic mass is 32.2. The monoisotopic (exact) mass is 408 g/mol. The summed E-state index contributed by atoms with van der Waals surface area (Å²) >= 11 is 1.20. The van der Waals surface area contributed by atoms with E-state index in [-0.39, 0.29) is 17.9 Å². The summed E-state index contributed by atoms with van der Waals surface area (Å²) in [6, 6.07) is 16.1. The van der Waals surface area contributed by atoms with Crippen LogP contribution in [0.5, 0.6) is 0 Å². The average Bonchev–Trinajstić information content (AvgIpc) is 3.24. The molecule has 0 aliphatic heterocycles. The molecule has 0 saturated carbocycles. The predicted molar refractivity (Wildman–Crippen MR) is 110 cm³/mol. The molecule has 0 saturated heterocycles. The van der Waals surface area contributed by atoms with Gasteiger partial charge in [-0.25, -0.2) is 9.37 Å². The van der Waals surface area contributed by atoms with Crippen molar-refractivity contribution >= 4 is 28.4 Å². The average molecular weight is 408 g/mol. The Balaban J connectivity index is 1.72. The Bertz CT molecular complexity index is 1220. The number of furan rings is 1. The summed E-state index contributed by atoms with van der Waals surface area (Å²) in [6.45, 7) is 1.96. The fourth-order valence-electron chi connectivity index (χ4n) is 3.00. The molecule has 29 heavy (non-hydrogen) atoms. The Labute approximate surface area is 170 Å². The third-order valence-corrected chi connectivity index (χ3v) is 5.59. The number of aromatic nitrogens is 2. The lowest BCUT2D eigenvalue weighted by Crippen LogP contribution is -2.25. The smallest absolute Gasteiger partial charge is 0.262 e. The Kier molecular flexibility index (Phi) is 5.31. The van der Waals surface area contributed by atoms with Gasteiger partial charge in [-0.3, -0.25) is 14.2 Å². The summed E-state index contributed by atoms with van der Waals surface area (Å²) in [5.41, 5.74) is 0.778. The van der Waals surface area contributed by atoms with Crippen molar-refractivity contribution in [2.75, 3.05) is 0 Å². The third-order valence-electron chi connectivity index (χ3n) is 4.50. The number of nitrogens with zero attached hydrogens (tertiary/aromatic N) is 2. The lowest BCUT2D eigenvalue weighted by molar-refractivity contribution is 0.0994. The van der Waals surface area contributed by atoms with Crippen molar-refractivity contribution in [1.29, 1.82) is 0 Å². The minimum atomic E-state index is -0.517. The predicted octanol–water partition coefficient (Wildman–Crippen LogP) is 4.54. The molecule has 2 aromatic heterocycles. The fraction of sp³-hybridized carbons (Fsp3) is 0.136. The Morgan fingerprint density at radius 1 is 1.14 bits per heavy atom. The topological polar surface area (TPSA) is 65.1 Å². The van der Waals surface area contributed by atoms with Crippen molar-refractivity contribution in [3.05, 3.63) is 94.4 Å². The molecule has 0 aliphatic carbocycles. The number of halogens is 1. The third kappa shape index (κ3) is 4.00. The van der Waals surface area contributed by atoms with Gasteiger partial charge in [-0.2, -0.15) is 0 Å². The Morgan fingerprint density at radius 2 is 1.90 bits per heavy atom. The van der Waals surface area contributed by atoms with E-state index in [1.807, 2.05) is 6.07 Å². The number of hydrogen-bond acceptors (Lipinski definition) is 5. The first-order chi connectivity index (χ1) is 14.0. The first-order valence-corrected chi connectivity index (χ1v) is 9.89. The second kappa shape index (κ2) is 8.05. The van der Waals surface area contributed by atoms with Gasteiger partial charge in [0.1, 0.15) is 11.6 Å². The van der Waals surface area contributed by atoms with E-state index in [4.69, 9.17) is 4.42 Å². The van der Waals surface area contributed by atoms with Crippen LogP contribution < -0.4 is 5.56 Å². The van der Waals surface area contributed by atoms with E-state index in [2.05, 4.69) is 4.98 Å². The maximum atomic E-state index is 13.2. The zero-order valence-corrected chi connectivity index (χ0v) is 16.4. The van der Waals surface area contributed by atoms with Crippen LogP contribution in [0, 0.1) is 5.82 Å². The number of fused-ring (bicyclic) bond motifs is 1. The van der Waals surface area contributed by atoms with E-state index in [9.17, 15) is 14.0 Å². The van der Waals surface area contributed by atoms with Gasteiger partial charge in [0.25, 0.3) is 5.56 Å². The molecule has 0 radical (unpaired) electrons. The molecule has 0 fully saturated rings. The van der Waals surface area contributed by atoms with E-state index in [1.165, 1.54) is 40.6 Å². The Morgan fingerprint density at radius 3 is 2.62 bits per heavy atom. The van der Waals surface area contributed by atoms with Crippen molar-refractivity contribution in [2.45, 2.75) is 23.9 Å². The summed E-state index contributed by atoms with van der Waals surface area (Å²) < 4.78 is 20.1. The van der Waals surface area contributed by atoms with E-state index in [0.29, 0.717) is 27.4 Å². The van der Waals surface area contributed by atoms with Gasteiger partial charge in [0.05, 0.1) is 29.0 Å². The second-order valence-corrected chi connectivity index (χ2v) is 7.82. The summed E-state index contributed by atoms with van der Waals surface area (Å²) in [7, 11) is 0. The molecule has 4 rings (SSSR count). The highest BCUT2D eigenvalue weighted by molar-refractivity contribution is 8.00. The number of carbonyl (C=O) groups excluding carboxylic acids is 1. The minimum Gasteiger partial charge on any atom is -0.467 e. The second-order valence-electron chi connectivity index (χ2n) is 6.51. The van der Waals surface area contributed by atoms with Crippen LogP contribution in [0.1, 0.15) is 23.0 Å². The maximum absolute atomic E-state index is 13.2. The lowest BCUT2D eigenvalue weighted by atomic mass is 10.1. The van der Waals surface area contributed by atoms with Crippen LogP contribution in [0.15, 0.2) is 81.3 Å². The van der Waals surface area contributed by atoms with Gasteiger partial charge in [-0.15, -0.1) is 0 Å². The number of ketones is 1. The molecule has 1 unspecified atom stereocenters. The number of carbonyl (C=O) groups is 1. The lowest BCUT2D eigenvalue weighted by Gasteiger charge is -2.15. The van der Waals surface area contributed by atoms with E-state index in [1.54, 1.807) is 43.5 Å². The van der Waals surface area contributed by atoms with Crippen LogP contribution in [0.4, 0.5) is 4.39 Å². The van der Waals surface area contributed by atoms with Crippen LogP contribution in [0.3, 0.4) is 0 Å². The number of thioether (sulfide) groups is 1. The van der Waals surface area contributed by atoms with Gasteiger partial charge in [0.2, 0.25) is 0 Å². The van der Waals surface area contributed by atoms with Crippen molar-refractivity contribution in [3.63, 3.8) is 0 Å². The van der Waals surface area contributed by atoms with E-state index < -0.39 is 11.1 Å². The van der Waals surface area contributed by atoms with Gasteiger partial charge in [0.15, 0.2) is 10.9 Å². The first-order valence-electron chi connectivity index (χ1n) is 9.01. The Hall–Kier alpha value is -3.19. The number of benzene rings is 2. The summed E-state index contributed by atoms with van der Waals surface area (Å²) in [5.74, 6) is 0.0517. The number of hydrogen-bond donors (Lipinski definition) is 0. The minimum absolute atomic E-state index is 0.165. The molecule has 0 spiro atoms. The van der Waals surface area contributed by atoms with Gasteiger partial charge in [-0.05, 0) is 55.5 Å². The number of Topliss-reactive ketones (excluding diaryl/α,β-unsaturated/α-hetero) is 1. The molecular weight excluding hydrogens is 391 g/mol. The van der Waals surface area contributed by atoms with E-state index >= 15 is 0 Å². The van der Waals surface area contributed by atoms with Crippen LogP contribution in [0.25, 0.3) is 10.9 Å². The van der Waals surface area contributed by atoms with Crippen LogP contribution in [0.2, 0.25) is 0 Å². The van der Waals surface area contributed by atoms with Crippen LogP contribution in [-0.2, 0) is 6.54 Å². The van der Waals surface area contributed by atoms with Gasteiger partial charge < -0.3 is 4.42 Å². The van der Waals surface area contributed by atoms with Gasteiger partial charge in [-0.1, -0.05) is 23.9 Å². The highest BCUT2D eigenvalue weighted by Crippen LogP contribution is 2.25. The normalized spacial score (nSPS) is 12.2.